The van der Waals surface area contributed by atoms with Gasteiger partial charge < -0.3 is 16.0 Å². The van der Waals surface area contributed by atoms with E-state index in [0.29, 0.717) is 30.1 Å². The number of nitrogens with zero attached hydrogens (tertiary/aromatic N) is 4. The average Bonchev–Trinajstić information content (AvgIpc) is 3.23. The molecule has 0 amide bonds. The predicted octanol–water partition coefficient (Wildman–Crippen LogP) is 4.57. The second kappa shape index (κ2) is 8.40. The topological polar surface area (TPSA) is 87.7 Å². The first kappa shape index (κ1) is 17.8. The van der Waals surface area contributed by atoms with Crippen molar-refractivity contribution < 1.29 is 4.39 Å². The molecule has 2 aromatic carbocycles. The minimum Gasteiger partial charge on any atom is -0.348 e. The second-order valence-electron chi connectivity index (χ2n) is 5.76. The van der Waals surface area contributed by atoms with Crippen molar-refractivity contribution in [2.45, 2.75) is 6.54 Å². The smallest absolute Gasteiger partial charge is 0.233 e. The number of hydrogen-bond acceptors (Lipinski definition) is 8. The number of para-hydroxylation sites is 1. The largest absolute Gasteiger partial charge is 0.348 e. The van der Waals surface area contributed by atoms with Gasteiger partial charge in [0.25, 0.3) is 0 Å². The number of thiazole rings is 1. The summed E-state index contributed by atoms with van der Waals surface area (Å²) in [5.41, 5.74) is 4.19. The van der Waals surface area contributed by atoms with E-state index in [9.17, 15) is 4.39 Å². The standard InChI is InChI=1S/C19H16FN7S/c20-13-6-8-15(9-7-13)24-19-26-17(21-10-16-11-28-12-22-16)25-18(27-19)23-14-4-2-1-3-5-14/h1-9,11-12H,10H2,(H3,21,23,24,25,26,27). The summed E-state index contributed by atoms with van der Waals surface area (Å²) in [5, 5.41) is 11.3. The van der Waals surface area contributed by atoms with Gasteiger partial charge in [0.05, 0.1) is 17.7 Å². The quantitative estimate of drug-likeness (QED) is 0.424. The van der Waals surface area contributed by atoms with E-state index >= 15 is 0 Å². The van der Waals surface area contributed by atoms with E-state index in [0.717, 1.165) is 11.4 Å². The van der Waals surface area contributed by atoms with E-state index in [4.69, 9.17) is 0 Å². The Balaban J connectivity index is 1.58. The number of halogens is 1. The normalized spacial score (nSPS) is 10.5. The van der Waals surface area contributed by atoms with Crippen molar-refractivity contribution in [2.75, 3.05) is 16.0 Å². The van der Waals surface area contributed by atoms with Crippen LogP contribution in [0.1, 0.15) is 5.69 Å². The Bertz CT molecular complexity index is 1020. The molecule has 28 heavy (non-hydrogen) atoms. The molecule has 4 rings (SSSR count). The van der Waals surface area contributed by atoms with Crippen LogP contribution in [0.3, 0.4) is 0 Å². The molecular formula is C19H16FN7S. The zero-order valence-electron chi connectivity index (χ0n) is 14.6. The van der Waals surface area contributed by atoms with Crippen molar-refractivity contribution in [1.82, 2.24) is 19.9 Å². The van der Waals surface area contributed by atoms with Gasteiger partial charge in [-0.3, -0.25) is 0 Å². The van der Waals surface area contributed by atoms with Crippen molar-refractivity contribution >= 4 is 40.6 Å². The minimum atomic E-state index is -0.307. The summed E-state index contributed by atoms with van der Waals surface area (Å²) < 4.78 is 13.1. The summed E-state index contributed by atoms with van der Waals surface area (Å²) >= 11 is 1.53. The summed E-state index contributed by atoms with van der Waals surface area (Å²) in [5.74, 6) is 0.802. The summed E-state index contributed by atoms with van der Waals surface area (Å²) in [6.45, 7) is 0.494. The summed E-state index contributed by atoms with van der Waals surface area (Å²) in [4.78, 5) is 17.4. The Morgan fingerprint density at radius 1 is 0.786 bits per heavy atom. The van der Waals surface area contributed by atoms with Crippen molar-refractivity contribution in [3.8, 4) is 0 Å². The number of anilines is 5. The maximum atomic E-state index is 13.1. The van der Waals surface area contributed by atoms with Gasteiger partial charge >= 0.3 is 0 Å². The number of benzene rings is 2. The molecular weight excluding hydrogens is 377 g/mol. The van der Waals surface area contributed by atoms with Crippen LogP contribution in [-0.2, 0) is 6.54 Å². The van der Waals surface area contributed by atoms with Crippen LogP contribution in [0.25, 0.3) is 0 Å². The van der Waals surface area contributed by atoms with Crippen LogP contribution in [-0.4, -0.2) is 19.9 Å². The van der Waals surface area contributed by atoms with Gasteiger partial charge in [-0.25, -0.2) is 9.37 Å². The van der Waals surface area contributed by atoms with Crippen LogP contribution in [0.2, 0.25) is 0 Å². The van der Waals surface area contributed by atoms with Gasteiger partial charge in [0.15, 0.2) is 0 Å². The van der Waals surface area contributed by atoms with Crippen LogP contribution >= 0.6 is 11.3 Å². The monoisotopic (exact) mass is 393 g/mol. The van der Waals surface area contributed by atoms with Gasteiger partial charge in [0, 0.05) is 16.8 Å². The van der Waals surface area contributed by atoms with Gasteiger partial charge in [0.1, 0.15) is 5.82 Å². The molecule has 4 aromatic rings. The van der Waals surface area contributed by atoms with Crippen molar-refractivity contribution in [3.05, 3.63) is 77.0 Å². The van der Waals surface area contributed by atoms with Gasteiger partial charge in [-0.05, 0) is 36.4 Å². The number of rotatable bonds is 7. The van der Waals surface area contributed by atoms with Crippen LogP contribution in [0.15, 0.2) is 65.5 Å². The molecule has 2 aromatic heterocycles. The molecule has 0 aliphatic heterocycles. The van der Waals surface area contributed by atoms with Crippen LogP contribution in [0, 0.1) is 5.82 Å². The lowest BCUT2D eigenvalue weighted by Gasteiger charge is -2.11. The third kappa shape index (κ3) is 4.77. The molecule has 7 nitrogen and oxygen atoms in total. The first-order chi connectivity index (χ1) is 13.7. The zero-order valence-corrected chi connectivity index (χ0v) is 15.4. The van der Waals surface area contributed by atoms with Crippen molar-refractivity contribution in [3.63, 3.8) is 0 Å². The third-order valence-electron chi connectivity index (χ3n) is 3.68. The first-order valence-corrected chi connectivity index (χ1v) is 9.40. The molecule has 0 spiro atoms. The van der Waals surface area contributed by atoms with E-state index in [1.165, 1.54) is 23.5 Å². The molecule has 0 saturated carbocycles. The summed E-state index contributed by atoms with van der Waals surface area (Å²) in [7, 11) is 0. The molecule has 3 N–H and O–H groups in total. The molecule has 2 heterocycles. The molecule has 0 radical (unpaired) electrons. The molecule has 9 heteroatoms. The van der Waals surface area contributed by atoms with E-state index in [-0.39, 0.29) is 5.82 Å². The maximum Gasteiger partial charge on any atom is 0.233 e. The van der Waals surface area contributed by atoms with Crippen molar-refractivity contribution in [1.29, 1.82) is 0 Å². The highest BCUT2D eigenvalue weighted by molar-refractivity contribution is 7.07. The van der Waals surface area contributed by atoms with Gasteiger partial charge in [0.2, 0.25) is 17.8 Å². The predicted molar refractivity (Wildman–Crippen MR) is 109 cm³/mol. The molecule has 0 saturated heterocycles. The van der Waals surface area contributed by atoms with Crippen LogP contribution < -0.4 is 16.0 Å². The third-order valence-corrected chi connectivity index (χ3v) is 4.31. The fourth-order valence-corrected chi connectivity index (χ4v) is 2.93. The molecule has 0 fully saturated rings. The highest BCUT2D eigenvalue weighted by Crippen LogP contribution is 2.19. The van der Waals surface area contributed by atoms with E-state index in [2.05, 4.69) is 35.9 Å². The Morgan fingerprint density at radius 2 is 1.43 bits per heavy atom. The van der Waals surface area contributed by atoms with Gasteiger partial charge in [-0.15, -0.1) is 11.3 Å². The van der Waals surface area contributed by atoms with E-state index < -0.39 is 0 Å². The maximum absolute atomic E-state index is 13.1. The average molecular weight is 393 g/mol. The molecule has 0 aliphatic carbocycles. The fourth-order valence-electron chi connectivity index (χ4n) is 2.37. The zero-order chi connectivity index (χ0) is 19.2. The van der Waals surface area contributed by atoms with Gasteiger partial charge in [-0.1, -0.05) is 18.2 Å². The molecule has 140 valence electrons. The Labute approximate surface area is 164 Å². The highest BCUT2D eigenvalue weighted by atomic mass is 32.1. The Hall–Kier alpha value is -3.59. The number of nitrogens with one attached hydrogen (secondary N) is 3. The van der Waals surface area contributed by atoms with Gasteiger partial charge in [-0.2, -0.15) is 15.0 Å². The van der Waals surface area contributed by atoms with Crippen molar-refractivity contribution in [2.24, 2.45) is 0 Å². The lowest BCUT2D eigenvalue weighted by atomic mass is 10.3. The van der Waals surface area contributed by atoms with Crippen LogP contribution in [0.5, 0.6) is 0 Å². The number of aromatic nitrogens is 4. The lowest BCUT2D eigenvalue weighted by Crippen LogP contribution is -2.09. The molecule has 0 unspecified atom stereocenters. The summed E-state index contributed by atoms with van der Waals surface area (Å²) in [6.07, 6.45) is 0. The lowest BCUT2D eigenvalue weighted by molar-refractivity contribution is 0.628. The molecule has 0 aliphatic rings. The first-order valence-electron chi connectivity index (χ1n) is 8.46. The Kier molecular flexibility index (Phi) is 5.34. The molecule has 0 bridgehead atoms. The highest BCUT2D eigenvalue weighted by Gasteiger charge is 2.08. The van der Waals surface area contributed by atoms with E-state index in [1.807, 2.05) is 35.7 Å². The molecule has 0 atom stereocenters. The number of hydrogen-bond donors (Lipinski definition) is 3. The van der Waals surface area contributed by atoms with Crippen LogP contribution in [0.4, 0.5) is 33.6 Å². The second-order valence-corrected chi connectivity index (χ2v) is 6.48. The minimum absolute atomic E-state index is 0.307. The SMILES string of the molecule is Fc1ccc(Nc2nc(NCc3cscn3)nc(Nc3ccccc3)n2)cc1. The summed E-state index contributed by atoms with van der Waals surface area (Å²) in [6, 6.07) is 15.6. The fraction of sp³-hybridized carbons (Fsp3) is 0.0526. The van der Waals surface area contributed by atoms with E-state index in [1.54, 1.807) is 17.6 Å². The Morgan fingerprint density at radius 3 is 2.07 bits per heavy atom.